The molecule has 0 bridgehead atoms. The zero-order valence-corrected chi connectivity index (χ0v) is 17.6. The minimum Gasteiger partial charge on any atom is -0.360 e. The Morgan fingerprint density at radius 2 is 1.71 bits per heavy atom. The van der Waals surface area contributed by atoms with Gasteiger partial charge in [0.15, 0.2) is 5.78 Å². The average Bonchev–Trinajstić information content (AvgIpc) is 3.45. The van der Waals surface area contributed by atoms with E-state index in [2.05, 4.69) is 20.5 Å². The van der Waals surface area contributed by atoms with E-state index in [1.54, 1.807) is 10.9 Å². The topological polar surface area (TPSA) is 76.5 Å². The molecule has 0 aliphatic carbocycles. The van der Waals surface area contributed by atoms with Crippen LogP contribution in [0.3, 0.4) is 0 Å². The fourth-order valence-electron chi connectivity index (χ4n) is 3.63. The van der Waals surface area contributed by atoms with Gasteiger partial charge in [0.2, 0.25) is 5.16 Å². The van der Waals surface area contributed by atoms with Crippen LogP contribution < -0.4 is 0 Å². The second-order valence-electron chi connectivity index (χ2n) is 7.18. The first-order chi connectivity index (χ1) is 15.2. The van der Waals surface area contributed by atoms with Crippen molar-refractivity contribution in [1.82, 2.24) is 25.2 Å². The standard InChI is InChI=1S/C24H19N5OS/c1-16-9-5-8-14-21(16)29-24(26-27-28-29)31-23(17-10-3-2-4-11-17)22(30)19-15-25-20-13-7-6-12-18(19)20/h2-15,23,25H,1H3/t23-/m1/s1. The van der Waals surface area contributed by atoms with Crippen molar-refractivity contribution in [2.75, 3.05) is 0 Å². The Bertz CT molecular complexity index is 1360. The summed E-state index contributed by atoms with van der Waals surface area (Å²) >= 11 is 1.36. The van der Waals surface area contributed by atoms with Crippen molar-refractivity contribution in [3.63, 3.8) is 0 Å². The third kappa shape index (κ3) is 3.64. The van der Waals surface area contributed by atoms with Crippen LogP contribution in [0, 0.1) is 6.92 Å². The van der Waals surface area contributed by atoms with Crippen LogP contribution in [-0.4, -0.2) is 31.0 Å². The number of ketones is 1. The normalized spacial score (nSPS) is 12.2. The van der Waals surface area contributed by atoms with Crippen molar-refractivity contribution >= 4 is 28.4 Å². The van der Waals surface area contributed by atoms with Gasteiger partial charge in [-0.1, -0.05) is 78.5 Å². The third-order valence-electron chi connectivity index (χ3n) is 5.20. The summed E-state index contributed by atoms with van der Waals surface area (Å²) in [6, 6.07) is 25.5. The molecule has 152 valence electrons. The first-order valence-corrected chi connectivity index (χ1v) is 10.8. The molecule has 3 aromatic carbocycles. The zero-order valence-electron chi connectivity index (χ0n) is 16.8. The number of Topliss-reactive ketones (excluding diaryl/α,β-unsaturated/α-hetero) is 1. The van der Waals surface area contributed by atoms with Crippen LogP contribution in [0.5, 0.6) is 0 Å². The number of hydrogen-bond acceptors (Lipinski definition) is 5. The number of carbonyl (C=O) groups excluding carboxylic acids is 1. The molecule has 31 heavy (non-hydrogen) atoms. The second-order valence-corrected chi connectivity index (χ2v) is 8.25. The number of rotatable bonds is 6. The van der Waals surface area contributed by atoms with E-state index in [4.69, 9.17) is 0 Å². The molecule has 0 unspecified atom stereocenters. The van der Waals surface area contributed by atoms with Crippen LogP contribution in [0.2, 0.25) is 0 Å². The lowest BCUT2D eigenvalue weighted by molar-refractivity contribution is 0.0991. The van der Waals surface area contributed by atoms with Crippen molar-refractivity contribution in [3.8, 4) is 5.69 Å². The van der Waals surface area contributed by atoms with Crippen molar-refractivity contribution in [2.45, 2.75) is 17.3 Å². The lowest BCUT2D eigenvalue weighted by Gasteiger charge is -2.16. The van der Waals surface area contributed by atoms with E-state index in [0.29, 0.717) is 10.7 Å². The van der Waals surface area contributed by atoms with Crippen LogP contribution in [0.4, 0.5) is 0 Å². The van der Waals surface area contributed by atoms with Gasteiger partial charge in [-0.25, -0.2) is 0 Å². The minimum absolute atomic E-state index is 0.00739. The van der Waals surface area contributed by atoms with Gasteiger partial charge in [-0.15, -0.1) is 5.10 Å². The molecule has 0 amide bonds. The van der Waals surface area contributed by atoms with E-state index in [1.807, 2.05) is 85.8 Å². The predicted octanol–water partition coefficient (Wildman–Crippen LogP) is 5.17. The first-order valence-electron chi connectivity index (χ1n) is 9.88. The van der Waals surface area contributed by atoms with E-state index in [9.17, 15) is 4.79 Å². The van der Waals surface area contributed by atoms with Crippen LogP contribution in [0.1, 0.15) is 26.7 Å². The molecule has 1 atom stereocenters. The van der Waals surface area contributed by atoms with Crippen molar-refractivity contribution < 1.29 is 4.79 Å². The van der Waals surface area contributed by atoms with Crippen molar-refractivity contribution in [1.29, 1.82) is 0 Å². The van der Waals surface area contributed by atoms with E-state index in [-0.39, 0.29) is 5.78 Å². The lowest BCUT2D eigenvalue weighted by atomic mass is 10.0. The number of carbonyl (C=O) groups is 1. The number of tetrazole rings is 1. The Hall–Kier alpha value is -3.71. The molecule has 5 rings (SSSR count). The van der Waals surface area contributed by atoms with Gasteiger partial charge in [-0.3, -0.25) is 4.79 Å². The molecule has 7 heteroatoms. The Kier molecular flexibility index (Phi) is 5.09. The number of nitrogens with one attached hydrogen (secondary N) is 1. The molecule has 5 aromatic rings. The fourth-order valence-corrected chi connectivity index (χ4v) is 4.68. The molecule has 0 fully saturated rings. The molecule has 0 aliphatic heterocycles. The zero-order chi connectivity index (χ0) is 21.2. The maximum absolute atomic E-state index is 13.7. The van der Waals surface area contributed by atoms with E-state index < -0.39 is 5.25 Å². The summed E-state index contributed by atoms with van der Waals surface area (Å²) in [7, 11) is 0. The summed E-state index contributed by atoms with van der Waals surface area (Å²) in [5, 5.41) is 13.3. The summed E-state index contributed by atoms with van der Waals surface area (Å²) in [6.45, 7) is 2.01. The summed E-state index contributed by atoms with van der Waals surface area (Å²) in [5.74, 6) is 0.00739. The molecule has 0 aliphatic rings. The summed E-state index contributed by atoms with van der Waals surface area (Å²) in [6.07, 6.45) is 1.79. The monoisotopic (exact) mass is 425 g/mol. The molecule has 6 nitrogen and oxygen atoms in total. The number of para-hydroxylation sites is 2. The average molecular weight is 426 g/mol. The van der Waals surface area contributed by atoms with E-state index >= 15 is 0 Å². The predicted molar refractivity (Wildman–Crippen MR) is 122 cm³/mol. The first kappa shape index (κ1) is 19.3. The Labute approximate surface area is 183 Å². The molecule has 0 spiro atoms. The molecule has 0 saturated carbocycles. The van der Waals surface area contributed by atoms with Gasteiger partial charge in [-0.2, -0.15) is 4.68 Å². The van der Waals surface area contributed by atoms with Crippen LogP contribution in [0.25, 0.3) is 16.6 Å². The second kappa shape index (κ2) is 8.20. The summed E-state index contributed by atoms with van der Waals surface area (Å²) in [5.41, 5.74) is 4.44. The van der Waals surface area contributed by atoms with Gasteiger partial charge in [-0.05, 0) is 40.6 Å². The molecule has 0 radical (unpaired) electrons. The quantitative estimate of drug-likeness (QED) is 0.300. The third-order valence-corrected chi connectivity index (χ3v) is 6.39. The number of nitrogens with zero attached hydrogens (tertiary/aromatic N) is 4. The van der Waals surface area contributed by atoms with Crippen molar-refractivity contribution in [3.05, 3.63) is 102 Å². The SMILES string of the molecule is Cc1ccccc1-n1nnnc1S[C@@H](C(=O)c1c[nH]c2ccccc12)c1ccccc1. The summed E-state index contributed by atoms with van der Waals surface area (Å²) in [4.78, 5) is 16.9. The highest BCUT2D eigenvalue weighted by Gasteiger charge is 2.28. The van der Waals surface area contributed by atoms with Crippen LogP contribution >= 0.6 is 11.8 Å². The van der Waals surface area contributed by atoms with Gasteiger partial charge < -0.3 is 4.98 Å². The van der Waals surface area contributed by atoms with Crippen LogP contribution in [0.15, 0.2) is 90.2 Å². The molecular formula is C24H19N5OS. The molecule has 0 saturated heterocycles. The number of fused-ring (bicyclic) bond motifs is 1. The van der Waals surface area contributed by atoms with Crippen molar-refractivity contribution in [2.24, 2.45) is 0 Å². The highest BCUT2D eigenvalue weighted by Crippen LogP contribution is 2.38. The van der Waals surface area contributed by atoms with Crippen LogP contribution in [-0.2, 0) is 0 Å². The van der Waals surface area contributed by atoms with Gasteiger partial charge in [0.1, 0.15) is 5.25 Å². The van der Waals surface area contributed by atoms with Gasteiger partial charge >= 0.3 is 0 Å². The minimum atomic E-state index is -0.492. The van der Waals surface area contributed by atoms with Gasteiger partial charge in [0, 0.05) is 22.7 Å². The fraction of sp³-hybridized carbons (Fsp3) is 0.0833. The number of H-pyrrole nitrogens is 1. The Morgan fingerprint density at radius 3 is 2.55 bits per heavy atom. The lowest BCUT2D eigenvalue weighted by Crippen LogP contribution is -2.11. The molecule has 2 heterocycles. The number of hydrogen-bond donors (Lipinski definition) is 1. The van der Waals surface area contributed by atoms with E-state index in [1.165, 1.54) is 11.8 Å². The number of aryl methyl sites for hydroxylation is 1. The van der Waals surface area contributed by atoms with Gasteiger partial charge in [0.05, 0.1) is 5.69 Å². The Morgan fingerprint density at radius 1 is 0.968 bits per heavy atom. The largest absolute Gasteiger partial charge is 0.360 e. The molecular weight excluding hydrogens is 406 g/mol. The number of benzene rings is 3. The maximum atomic E-state index is 13.7. The van der Waals surface area contributed by atoms with E-state index in [0.717, 1.165) is 27.7 Å². The highest BCUT2D eigenvalue weighted by atomic mass is 32.2. The number of thioether (sulfide) groups is 1. The number of aromatic amines is 1. The molecule has 1 N–H and O–H groups in total. The molecule has 2 aromatic heterocycles. The maximum Gasteiger partial charge on any atom is 0.215 e. The smallest absolute Gasteiger partial charge is 0.215 e. The summed E-state index contributed by atoms with van der Waals surface area (Å²) < 4.78 is 1.69. The number of aromatic nitrogens is 5. The van der Waals surface area contributed by atoms with Gasteiger partial charge in [0.25, 0.3) is 0 Å². The Balaban J connectivity index is 1.57. The highest BCUT2D eigenvalue weighted by molar-refractivity contribution is 8.00.